The Bertz CT molecular complexity index is 979. The van der Waals surface area contributed by atoms with Crippen molar-refractivity contribution in [2.75, 3.05) is 18.4 Å². The minimum absolute atomic E-state index is 0.0158. The molecule has 1 fully saturated rings. The molecule has 0 saturated carbocycles. The number of aryl methyl sites for hydroxylation is 1. The van der Waals surface area contributed by atoms with Crippen LogP contribution in [-0.4, -0.2) is 38.3 Å². The fraction of sp³-hybridized carbons (Fsp3) is 0.412. The van der Waals surface area contributed by atoms with Gasteiger partial charge in [0.15, 0.2) is 10.1 Å². The quantitative estimate of drug-likeness (QED) is 0.741. The molecule has 0 aliphatic carbocycles. The number of nitrogens with one attached hydrogen (secondary N) is 1. The maximum atomic E-state index is 12.5. The van der Waals surface area contributed by atoms with E-state index in [2.05, 4.69) is 20.2 Å². The zero-order valence-electron chi connectivity index (χ0n) is 14.3. The largest absolute Gasteiger partial charge is 0.302 e. The first-order valence-electron chi connectivity index (χ1n) is 8.49. The summed E-state index contributed by atoms with van der Waals surface area (Å²) in [7, 11) is 0. The molecule has 1 aliphatic rings. The molecule has 0 aromatic carbocycles. The predicted molar refractivity (Wildman–Crippen MR) is 103 cm³/mol. The lowest BCUT2D eigenvalue weighted by molar-refractivity contribution is -0.121. The molecule has 3 aromatic heterocycles. The van der Waals surface area contributed by atoms with E-state index in [1.165, 1.54) is 22.7 Å². The van der Waals surface area contributed by atoms with E-state index in [1.807, 2.05) is 17.7 Å². The van der Waals surface area contributed by atoms with Gasteiger partial charge in [-0.2, -0.15) is 0 Å². The van der Waals surface area contributed by atoms with Crippen LogP contribution in [0.15, 0.2) is 27.8 Å². The Balaban J connectivity index is 1.45. The fourth-order valence-electron chi connectivity index (χ4n) is 3.32. The minimum Gasteiger partial charge on any atom is -0.302 e. The standard InChI is InChI=1S/C17H19N5O2S2/c1-11-10-26-17-19-13(7-14(23)22(11)17)9-21-5-2-3-12(8-21)15(24)20-16-18-4-6-25-16/h4,6-7,10,12H,2-3,5,8-9H2,1H3,(H,18,20,24)/t12-/m0/s1. The summed E-state index contributed by atoms with van der Waals surface area (Å²) in [6.45, 7) is 4.07. The molecule has 0 unspecified atom stereocenters. The molecule has 1 saturated heterocycles. The third-order valence-corrected chi connectivity index (χ3v) is 6.19. The molecule has 3 aromatic rings. The molecule has 26 heavy (non-hydrogen) atoms. The van der Waals surface area contributed by atoms with Crippen molar-refractivity contribution in [3.8, 4) is 0 Å². The summed E-state index contributed by atoms with van der Waals surface area (Å²) in [6, 6.07) is 1.60. The van der Waals surface area contributed by atoms with Gasteiger partial charge in [-0.15, -0.1) is 22.7 Å². The van der Waals surface area contributed by atoms with Crippen LogP contribution in [0.25, 0.3) is 4.96 Å². The highest BCUT2D eigenvalue weighted by Crippen LogP contribution is 2.21. The first-order valence-corrected chi connectivity index (χ1v) is 10.3. The van der Waals surface area contributed by atoms with Crippen molar-refractivity contribution in [1.29, 1.82) is 0 Å². The van der Waals surface area contributed by atoms with E-state index in [0.717, 1.165) is 35.7 Å². The van der Waals surface area contributed by atoms with E-state index in [1.54, 1.807) is 16.7 Å². The third kappa shape index (κ3) is 3.55. The Morgan fingerprint density at radius 2 is 2.31 bits per heavy atom. The molecule has 1 N–H and O–H groups in total. The van der Waals surface area contributed by atoms with Gasteiger partial charge in [-0.05, 0) is 26.3 Å². The van der Waals surface area contributed by atoms with E-state index in [-0.39, 0.29) is 17.4 Å². The van der Waals surface area contributed by atoms with E-state index in [9.17, 15) is 9.59 Å². The molecule has 4 rings (SSSR count). The molecule has 0 radical (unpaired) electrons. The zero-order chi connectivity index (χ0) is 18.1. The minimum atomic E-state index is -0.0681. The van der Waals surface area contributed by atoms with Gasteiger partial charge >= 0.3 is 0 Å². The van der Waals surface area contributed by atoms with Crippen LogP contribution in [0.5, 0.6) is 0 Å². The number of amides is 1. The highest BCUT2D eigenvalue weighted by Gasteiger charge is 2.26. The molecule has 4 heterocycles. The molecular formula is C17H19N5O2S2. The molecular weight excluding hydrogens is 370 g/mol. The molecule has 1 amide bonds. The number of anilines is 1. The summed E-state index contributed by atoms with van der Waals surface area (Å²) in [6.07, 6.45) is 3.50. The number of fused-ring (bicyclic) bond motifs is 1. The van der Waals surface area contributed by atoms with Crippen LogP contribution in [0, 0.1) is 12.8 Å². The maximum absolute atomic E-state index is 12.5. The van der Waals surface area contributed by atoms with Crippen LogP contribution in [0.2, 0.25) is 0 Å². The lowest BCUT2D eigenvalue weighted by atomic mass is 9.97. The van der Waals surface area contributed by atoms with Crippen molar-refractivity contribution < 1.29 is 4.79 Å². The van der Waals surface area contributed by atoms with Crippen LogP contribution in [-0.2, 0) is 11.3 Å². The van der Waals surface area contributed by atoms with Gasteiger partial charge in [0.25, 0.3) is 5.56 Å². The van der Waals surface area contributed by atoms with Crippen molar-refractivity contribution in [1.82, 2.24) is 19.3 Å². The number of nitrogens with zero attached hydrogens (tertiary/aromatic N) is 4. The number of hydrogen-bond acceptors (Lipinski definition) is 7. The van der Waals surface area contributed by atoms with Crippen LogP contribution in [0.3, 0.4) is 0 Å². The van der Waals surface area contributed by atoms with E-state index in [0.29, 0.717) is 18.2 Å². The number of piperidine rings is 1. The van der Waals surface area contributed by atoms with Crippen LogP contribution in [0.1, 0.15) is 24.2 Å². The van der Waals surface area contributed by atoms with Crippen LogP contribution < -0.4 is 10.9 Å². The summed E-state index contributed by atoms with van der Waals surface area (Å²) in [5.41, 5.74) is 1.63. The van der Waals surface area contributed by atoms with Crippen LogP contribution in [0.4, 0.5) is 5.13 Å². The second-order valence-corrected chi connectivity index (χ2v) is 8.21. The Morgan fingerprint density at radius 3 is 3.12 bits per heavy atom. The summed E-state index contributed by atoms with van der Waals surface area (Å²) in [5, 5.41) is 7.31. The van der Waals surface area contributed by atoms with E-state index in [4.69, 9.17) is 0 Å². The lowest BCUT2D eigenvalue weighted by Crippen LogP contribution is -2.40. The Morgan fingerprint density at radius 1 is 1.42 bits per heavy atom. The van der Waals surface area contributed by atoms with Gasteiger partial charge in [0.1, 0.15) is 0 Å². The number of carbonyl (C=O) groups is 1. The number of rotatable bonds is 4. The number of likely N-dealkylation sites (tertiary alicyclic amines) is 1. The number of hydrogen-bond donors (Lipinski definition) is 1. The number of carbonyl (C=O) groups excluding carboxylic acids is 1. The van der Waals surface area contributed by atoms with Gasteiger partial charge in [-0.3, -0.25) is 18.9 Å². The van der Waals surface area contributed by atoms with Crippen molar-refractivity contribution in [2.24, 2.45) is 5.92 Å². The first-order chi connectivity index (χ1) is 12.6. The summed E-state index contributed by atoms with van der Waals surface area (Å²) in [5.74, 6) is -0.0523. The van der Waals surface area contributed by atoms with Gasteiger partial charge in [0.05, 0.1) is 11.6 Å². The second kappa shape index (κ2) is 7.26. The topological polar surface area (TPSA) is 79.6 Å². The van der Waals surface area contributed by atoms with Crippen LogP contribution >= 0.6 is 22.7 Å². The molecule has 7 nitrogen and oxygen atoms in total. The van der Waals surface area contributed by atoms with E-state index < -0.39 is 0 Å². The summed E-state index contributed by atoms with van der Waals surface area (Å²) >= 11 is 2.90. The molecule has 0 bridgehead atoms. The average Bonchev–Trinajstić information content (AvgIpc) is 3.25. The van der Waals surface area contributed by atoms with E-state index >= 15 is 0 Å². The molecule has 1 atom stereocenters. The van der Waals surface area contributed by atoms with Gasteiger partial charge < -0.3 is 5.32 Å². The summed E-state index contributed by atoms with van der Waals surface area (Å²) in [4.78, 5) is 36.4. The van der Waals surface area contributed by atoms with Gasteiger partial charge in [-0.1, -0.05) is 0 Å². The second-order valence-electron chi connectivity index (χ2n) is 6.48. The SMILES string of the molecule is Cc1csc2nc(CN3CCC[C@H](C(=O)Nc4nccs4)C3)cc(=O)n12. The predicted octanol–water partition coefficient (Wildman–Crippen LogP) is 2.37. The molecule has 9 heteroatoms. The number of aromatic nitrogens is 3. The lowest BCUT2D eigenvalue weighted by Gasteiger charge is -2.31. The van der Waals surface area contributed by atoms with Crippen molar-refractivity contribution in [3.05, 3.63) is 44.8 Å². The fourth-order valence-corrected chi connectivity index (χ4v) is 4.74. The van der Waals surface area contributed by atoms with Crippen molar-refractivity contribution in [3.63, 3.8) is 0 Å². The first kappa shape index (κ1) is 17.3. The van der Waals surface area contributed by atoms with Gasteiger partial charge in [0, 0.05) is 41.8 Å². The average molecular weight is 390 g/mol. The normalized spacial score (nSPS) is 18.3. The Hall–Kier alpha value is -2.10. The Kier molecular flexibility index (Phi) is 4.84. The highest BCUT2D eigenvalue weighted by atomic mass is 32.1. The van der Waals surface area contributed by atoms with Gasteiger partial charge in [-0.25, -0.2) is 9.97 Å². The van der Waals surface area contributed by atoms with Crippen molar-refractivity contribution in [2.45, 2.75) is 26.3 Å². The van der Waals surface area contributed by atoms with Gasteiger partial charge in [0.2, 0.25) is 5.91 Å². The third-order valence-electron chi connectivity index (χ3n) is 4.55. The molecule has 0 spiro atoms. The zero-order valence-corrected chi connectivity index (χ0v) is 16.0. The molecule has 136 valence electrons. The number of thiazole rings is 2. The smallest absolute Gasteiger partial charge is 0.259 e. The maximum Gasteiger partial charge on any atom is 0.259 e. The highest BCUT2D eigenvalue weighted by molar-refractivity contribution is 7.15. The van der Waals surface area contributed by atoms with Crippen molar-refractivity contribution >= 4 is 38.7 Å². The summed E-state index contributed by atoms with van der Waals surface area (Å²) < 4.78 is 1.63. The Labute approximate surface area is 158 Å². The monoisotopic (exact) mass is 389 g/mol. The molecule has 1 aliphatic heterocycles.